The van der Waals surface area contributed by atoms with E-state index in [0.717, 1.165) is 6.54 Å². The van der Waals surface area contributed by atoms with Gasteiger partial charge in [0.1, 0.15) is 5.76 Å². The molecular weight excluding hydrogens is 228 g/mol. The van der Waals surface area contributed by atoms with Crippen molar-refractivity contribution < 1.29 is 9.21 Å². The number of amides is 1. The standard InChI is InChI=1S/C14H18N2O2/c17-14(4-3-12-2-1-9-18-12)15-13-10-16-7-5-11(13)6-8-16/h1-4,9,11,13H,5-8,10H2,(H,15,17)/t13-/m0/s1. The molecule has 1 aromatic heterocycles. The topological polar surface area (TPSA) is 45.5 Å². The molecule has 4 rings (SSSR count). The van der Waals surface area contributed by atoms with Crippen LogP contribution < -0.4 is 5.32 Å². The summed E-state index contributed by atoms with van der Waals surface area (Å²) in [6.07, 6.45) is 7.29. The molecule has 4 heterocycles. The molecule has 96 valence electrons. The van der Waals surface area contributed by atoms with E-state index in [-0.39, 0.29) is 5.91 Å². The predicted molar refractivity (Wildman–Crippen MR) is 68.8 cm³/mol. The molecule has 3 saturated heterocycles. The van der Waals surface area contributed by atoms with Crippen LogP contribution in [0.25, 0.3) is 6.08 Å². The second kappa shape index (κ2) is 4.98. The molecule has 3 aliphatic rings. The fraction of sp³-hybridized carbons (Fsp3) is 0.500. The van der Waals surface area contributed by atoms with Gasteiger partial charge in [-0.2, -0.15) is 0 Å². The molecule has 1 aromatic rings. The van der Waals surface area contributed by atoms with Crippen molar-refractivity contribution in [2.24, 2.45) is 5.92 Å². The zero-order valence-corrected chi connectivity index (χ0v) is 10.3. The first kappa shape index (κ1) is 11.5. The van der Waals surface area contributed by atoms with Gasteiger partial charge in [-0.15, -0.1) is 0 Å². The van der Waals surface area contributed by atoms with E-state index in [2.05, 4.69) is 10.2 Å². The molecule has 3 fully saturated rings. The number of carbonyl (C=O) groups excluding carboxylic acids is 1. The van der Waals surface area contributed by atoms with Gasteiger partial charge in [-0.1, -0.05) is 0 Å². The van der Waals surface area contributed by atoms with E-state index in [1.165, 1.54) is 25.9 Å². The van der Waals surface area contributed by atoms with Crippen molar-refractivity contribution in [3.05, 3.63) is 30.2 Å². The first-order chi connectivity index (χ1) is 8.81. The summed E-state index contributed by atoms with van der Waals surface area (Å²) in [5.41, 5.74) is 0. The molecule has 0 saturated carbocycles. The number of nitrogens with one attached hydrogen (secondary N) is 1. The van der Waals surface area contributed by atoms with E-state index in [0.29, 0.717) is 17.7 Å². The zero-order chi connectivity index (χ0) is 12.4. The van der Waals surface area contributed by atoms with Crippen LogP contribution in [0.3, 0.4) is 0 Å². The molecule has 1 atom stereocenters. The summed E-state index contributed by atoms with van der Waals surface area (Å²) in [5, 5.41) is 3.10. The van der Waals surface area contributed by atoms with E-state index in [4.69, 9.17) is 4.42 Å². The Morgan fingerprint density at radius 3 is 2.89 bits per heavy atom. The Balaban J connectivity index is 1.55. The van der Waals surface area contributed by atoms with Crippen LogP contribution in [0, 0.1) is 5.92 Å². The van der Waals surface area contributed by atoms with Crippen LogP contribution in [-0.4, -0.2) is 36.5 Å². The lowest BCUT2D eigenvalue weighted by atomic mass is 9.84. The van der Waals surface area contributed by atoms with Crippen LogP contribution in [0.1, 0.15) is 18.6 Å². The van der Waals surface area contributed by atoms with Crippen LogP contribution in [0.5, 0.6) is 0 Å². The van der Waals surface area contributed by atoms with Crippen LogP contribution >= 0.6 is 0 Å². The van der Waals surface area contributed by atoms with Crippen molar-refractivity contribution in [1.82, 2.24) is 10.2 Å². The lowest BCUT2D eigenvalue weighted by molar-refractivity contribution is -0.118. The number of piperidine rings is 3. The van der Waals surface area contributed by atoms with Crippen molar-refractivity contribution in [3.8, 4) is 0 Å². The first-order valence-electron chi connectivity index (χ1n) is 6.56. The number of fused-ring (bicyclic) bond motifs is 3. The minimum absolute atomic E-state index is 0.0230. The third-order valence-corrected chi connectivity index (χ3v) is 3.93. The third-order valence-electron chi connectivity index (χ3n) is 3.93. The number of rotatable bonds is 3. The van der Waals surface area contributed by atoms with Crippen molar-refractivity contribution in [1.29, 1.82) is 0 Å². The molecule has 4 heteroatoms. The summed E-state index contributed by atoms with van der Waals surface area (Å²) < 4.78 is 5.15. The number of nitrogens with zero attached hydrogens (tertiary/aromatic N) is 1. The summed E-state index contributed by atoms with van der Waals surface area (Å²) in [6, 6.07) is 3.96. The highest BCUT2D eigenvalue weighted by molar-refractivity contribution is 5.91. The van der Waals surface area contributed by atoms with Gasteiger partial charge in [0.15, 0.2) is 0 Å². The quantitative estimate of drug-likeness (QED) is 0.822. The predicted octanol–water partition coefficient (Wildman–Crippen LogP) is 1.50. The molecule has 0 aromatic carbocycles. The first-order valence-corrected chi connectivity index (χ1v) is 6.56. The summed E-state index contributed by atoms with van der Waals surface area (Å²) in [6.45, 7) is 3.39. The largest absolute Gasteiger partial charge is 0.465 e. The van der Waals surface area contributed by atoms with E-state index in [1.54, 1.807) is 18.4 Å². The molecular formula is C14H18N2O2. The van der Waals surface area contributed by atoms with E-state index >= 15 is 0 Å². The molecule has 4 nitrogen and oxygen atoms in total. The smallest absolute Gasteiger partial charge is 0.244 e. The Morgan fingerprint density at radius 2 is 2.28 bits per heavy atom. The Kier molecular flexibility index (Phi) is 3.19. The van der Waals surface area contributed by atoms with Crippen LogP contribution in [0.15, 0.2) is 28.9 Å². The number of carbonyl (C=O) groups is 1. The van der Waals surface area contributed by atoms with Crippen LogP contribution in [0.2, 0.25) is 0 Å². The second-order valence-electron chi connectivity index (χ2n) is 5.10. The molecule has 1 amide bonds. The molecule has 0 spiro atoms. The van der Waals surface area contributed by atoms with Crippen LogP contribution in [0.4, 0.5) is 0 Å². The number of hydrogen-bond acceptors (Lipinski definition) is 3. The fourth-order valence-electron chi connectivity index (χ4n) is 2.90. The highest BCUT2D eigenvalue weighted by Gasteiger charge is 2.34. The monoisotopic (exact) mass is 246 g/mol. The number of furan rings is 1. The lowest BCUT2D eigenvalue weighted by Gasteiger charge is -2.44. The minimum Gasteiger partial charge on any atom is -0.465 e. The van der Waals surface area contributed by atoms with E-state index < -0.39 is 0 Å². The van der Waals surface area contributed by atoms with Gasteiger partial charge in [-0.05, 0) is 50.1 Å². The molecule has 1 N–H and O–H groups in total. The minimum atomic E-state index is -0.0230. The van der Waals surface area contributed by atoms with E-state index in [1.807, 2.05) is 12.1 Å². The Labute approximate surface area is 107 Å². The number of hydrogen-bond donors (Lipinski definition) is 1. The normalized spacial score (nSPS) is 30.8. The fourth-order valence-corrected chi connectivity index (χ4v) is 2.90. The molecule has 0 unspecified atom stereocenters. The van der Waals surface area contributed by atoms with Gasteiger partial charge in [0.25, 0.3) is 0 Å². The van der Waals surface area contributed by atoms with Crippen LogP contribution in [-0.2, 0) is 4.79 Å². The Morgan fingerprint density at radius 1 is 1.44 bits per heavy atom. The van der Waals surface area contributed by atoms with E-state index in [9.17, 15) is 4.79 Å². The molecule has 0 aliphatic carbocycles. The van der Waals surface area contributed by atoms with Gasteiger partial charge in [0, 0.05) is 18.7 Å². The zero-order valence-electron chi connectivity index (χ0n) is 10.3. The third kappa shape index (κ3) is 2.48. The highest BCUT2D eigenvalue weighted by atomic mass is 16.3. The Hall–Kier alpha value is -1.55. The second-order valence-corrected chi connectivity index (χ2v) is 5.10. The average molecular weight is 246 g/mol. The highest BCUT2D eigenvalue weighted by Crippen LogP contribution is 2.27. The van der Waals surface area contributed by atoms with Crippen molar-refractivity contribution in [2.75, 3.05) is 19.6 Å². The van der Waals surface area contributed by atoms with Gasteiger partial charge < -0.3 is 14.6 Å². The van der Waals surface area contributed by atoms with Crippen molar-refractivity contribution in [2.45, 2.75) is 18.9 Å². The molecule has 0 radical (unpaired) electrons. The molecule has 18 heavy (non-hydrogen) atoms. The van der Waals surface area contributed by atoms with Crippen molar-refractivity contribution >= 4 is 12.0 Å². The summed E-state index contributed by atoms with van der Waals surface area (Å²) in [7, 11) is 0. The summed E-state index contributed by atoms with van der Waals surface area (Å²) in [4.78, 5) is 14.3. The lowest BCUT2D eigenvalue weighted by Crippen LogP contribution is -2.57. The van der Waals surface area contributed by atoms with Gasteiger partial charge >= 0.3 is 0 Å². The maximum Gasteiger partial charge on any atom is 0.244 e. The molecule has 2 bridgehead atoms. The van der Waals surface area contributed by atoms with Crippen molar-refractivity contribution in [3.63, 3.8) is 0 Å². The Bertz CT molecular complexity index is 431. The van der Waals surface area contributed by atoms with Gasteiger partial charge in [0.2, 0.25) is 5.91 Å². The molecule has 3 aliphatic heterocycles. The maximum absolute atomic E-state index is 11.8. The SMILES string of the molecule is O=C(C=Cc1ccco1)N[C@H]1CN2CCC1CC2. The summed E-state index contributed by atoms with van der Waals surface area (Å²) >= 11 is 0. The maximum atomic E-state index is 11.8. The van der Waals surface area contributed by atoms with Gasteiger partial charge in [0.05, 0.1) is 6.26 Å². The van der Waals surface area contributed by atoms with Gasteiger partial charge in [-0.3, -0.25) is 4.79 Å². The van der Waals surface area contributed by atoms with Gasteiger partial charge in [-0.25, -0.2) is 0 Å². The average Bonchev–Trinajstić information content (AvgIpc) is 2.91. The summed E-state index contributed by atoms with van der Waals surface area (Å²) in [5.74, 6) is 1.35.